The standard InChI is InChI=1S/C20H24N2O4/c1-20(2,3)26-19(24)22-5-4-16(11-22)25-17-8-14-6-13(12-23)7-18(14)15(9-17)10-21/h8-9,12-13,16H,4-7,11H2,1-3H3. The summed E-state index contributed by atoms with van der Waals surface area (Å²) in [6.45, 7) is 6.58. The number of fused-ring (bicyclic) bond motifs is 1. The lowest BCUT2D eigenvalue weighted by Crippen LogP contribution is -2.36. The highest BCUT2D eigenvalue weighted by atomic mass is 16.6. The number of ether oxygens (including phenoxy) is 2. The molecule has 6 heteroatoms. The van der Waals surface area contributed by atoms with Crippen LogP contribution in [0.4, 0.5) is 4.79 Å². The number of amides is 1. The molecule has 0 saturated carbocycles. The number of carbonyl (C=O) groups excluding carboxylic acids is 2. The van der Waals surface area contributed by atoms with E-state index in [1.807, 2.05) is 26.8 Å². The van der Waals surface area contributed by atoms with Gasteiger partial charge in [0.25, 0.3) is 0 Å². The van der Waals surface area contributed by atoms with E-state index in [1.54, 1.807) is 11.0 Å². The fraction of sp³-hybridized carbons (Fsp3) is 0.550. The van der Waals surface area contributed by atoms with Crippen LogP contribution in [0.1, 0.15) is 43.9 Å². The van der Waals surface area contributed by atoms with E-state index in [0.29, 0.717) is 37.2 Å². The second kappa shape index (κ2) is 6.99. The van der Waals surface area contributed by atoms with E-state index >= 15 is 0 Å². The van der Waals surface area contributed by atoms with Gasteiger partial charge in [0.05, 0.1) is 18.2 Å². The van der Waals surface area contributed by atoms with Crippen LogP contribution in [-0.2, 0) is 22.4 Å². The van der Waals surface area contributed by atoms with Gasteiger partial charge in [-0.2, -0.15) is 5.26 Å². The van der Waals surface area contributed by atoms with Crippen LogP contribution in [0.15, 0.2) is 12.1 Å². The Hall–Kier alpha value is -2.55. The van der Waals surface area contributed by atoms with Gasteiger partial charge in [-0.25, -0.2) is 4.79 Å². The van der Waals surface area contributed by atoms with E-state index < -0.39 is 5.60 Å². The highest BCUT2D eigenvalue weighted by Gasteiger charge is 2.31. The van der Waals surface area contributed by atoms with Crippen molar-refractivity contribution in [2.24, 2.45) is 5.92 Å². The number of hydrogen-bond donors (Lipinski definition) is 0. The second-order valence-electron chi connectivity index (χ2n) is 7.98. The van der Waals surface area contributed by atoms with Crippen LogP contribution in [0.3, 0.4) is 0 Å². The molecule has 2 atom stereocenters. The number of carbonyl (C=O) groups is 2. The van der Waals surface area contributed by atoms with Gasteiger partial charge < -0.3 is 19.2 Å². The molecule has 0 N–H and O–H groups in total. The summed E-state index contributed by atoms with van der Waals surface area (Å²) in [5.41, 5.74) is 2.02. The molecule has 2 aliphatic rings. The first kappa shape index (κ1) is 18.2. The van der Waals surface area contributed by atoms with Crippen LogP contribution in [0, 0.1) is 17.2 Å². The Kier molecular flexibility index (Phi) is 4.90. The van der Waals surface area contributed by atoms with Crippen LogP contribution < -0.4 is 4.74 Å². The van der Waals surface area contributed by atoms with Gasteiger partial charge in [0.15, 0.2) is 0 Å². The van der Waals surface area contributed by atoms with Gasteiger partial charge in [0.2, 0.25) is 0 Å². The summed E-state index contributed by atoms with van der Waals surface area (Å²) < 4.78 is 11.4. The monoisotopic (exact) mass is 356 g/mol. The summed E-state index contributed by atoms with van der Waals surface area (Å²) in [6, 6.07) is 5.87. The van der Waals surface area contributed by atoms with Crippen molar-refractivity contribution >= 4 is 12.4 Å². The Morgan fingerprint density at radius 2 is 2.12 bits per heavy atom. The lowest BCUT2D eigenvalue weighted by molar-refractivity contribution is -0.110. The first-order chi connectivity index (χ1) is 12.3. The molecule has 0 bridgehead atoms. The number of hydrogen-bond acceptors (Lipinski definition) is 5. The van der Waals surface area contributed by atoms with Crippen molar-refractivity contribution in [1.82, 2.24) is 4.90 Å². The van der Waals surface area contributed by atoms with E-state index in [2.05, 4.69) is 6.07 Å². The molecular formula is C20H24N2O4. The average Bonchev–Trinajstić information content (AvgIpc) is 3.19. The summed E-state index contributed by atoms with van der Waals surface area (Å²) in [6.07, 6.45) is 2.49. The SMILES string of the molecule is CC(C)(C)OC(=O)N1CCC(Oc2cc(C#N)c3c(c2)CC(C=O)C3)C1. The highest BCUT2D eigenvalue weighted by Crippen LogP contribution is 2.33. The topological polar surface area (TPSA) is 79.6 Å². The summed E-state index contributed by atoms with van der Waals surface area (Å²) in [5, 5.41) is 9.41. The van der Waals surface area contributed by atoms with Gasteiger partial charge in [-0.1, -0.05) is 0 Å². The molecule has 0 aromatic heterocycles. The van der Waals surface area contributed by atoms with Gasteiger partial charge in [-0.05, 0) is 56.9 Å². The Morgan fingerprint density at radius 1 is 1.35 bits per heavy atom. The van der Waals surface area contributed by atoms with Crippen molar-refractivity contribution in [1.29, 1.82) is 5.26 Å². The predicted molar refractivity (Wildman–Crippen MR) is 95.0 cm³/mol. The molecule has 0 spiro atoms. The number of aldehydes is 1. The normalized spacial score (nSPS) is 21.8. The number of likely N-dealkylation sites (tertiary alicyclic amines) is 1. The first-order valence-electron chi connectivity index (χ1n) is 8.95. The van der Waals surface area contributed by atoms with E-state index in [1.165, 1.54) is 0 Å². The Balaban J connectivity index is 1.67. The van der Waals surface area contributed by atoms with Gasteiger partial charge in [0, 0.05) is 18.9 Å². The second-order valence-corrected chi connectivity index (χ2v) is 7.98. The zero-order valence-corrected chi connectivity index (χ0v) is 15.4. The van der Waals surface area contributed by atoms with E-state index in [4.69, 9.17) is 9.47 Å². The van der Waals surface area contributed by atoms with Gasteiger partial charge in [0.1, 0.15) is 23.7 Å². The Morgan fingerprint density at radius 3 is 2.77 bits per heavy atom. The summed E-state index contributed by atoms with van der Waals surface area (Å²) in [4.78, 5) is 24.9. The lowest BCUT2D eigenvalue weighted by Gasteiger charge is -2.24. The van der Waals surface area contributed by atoms with Gasteiger partial charge in [-0.3, -0.25) is 0 Å². The quantitative estimate of drug-likeness (QED) is 0.778. The number of rotatable bonds is 3. The molecule has 0 radical (unpaired) electrons. The first-order valence-corrected chi connectivity index (χ1v) is 8.95. The maximum Gasteiger partial charge on any atom is 0.410 e. The molecule has 1 saturated heterocycles. The van der Waals surface area contributed by atoms with Crippen LogP contribution in [-0.4, -0.2) is 42.1 Å². The molecule has 26 heavy (non-hydrogen) atoms. The summed E-state index contributed by atoms with van der Waals surface area (Å²) in [5.74, 6) is 0.573. The smallest absolute Gasteiger partial charge is 0.410 e. The van der Waals surface area contributed by atoms with E-state index in [-0.39, 0.29) is 18.1 Å². The van der Waals surface area contributed by atoms with Crippen molar-refractivity contribution in [2.75, 3.05) is 13.1 Å². The van der Waals surface area contributed by atoms with E-state index in [0.717, 1.165) is 23.8 Å². The number of nitrogens with zero attached hydrogens (tertiary/aromatic N) is 2. The molecule has 2 unspecified atom stereocenters. The fourth-order valence-electron chi connectivity index (χ4n) is 3.52. The molecule has 138 valence electrons. The lowest BCUT2D eigenvalue weighted by atomic mass is 10.0. The fourth-order valence-corrected chi connectivity index (χ4v) is 3.52. The molecule has 1 fully saturated rings. The van der Waals surface area contributed by atoms with Gasteiger partial charge in [-0.15, -0.1) is 0 Å². The third-order valence-electron chi connectivity index (χ3n) is 4.68. The molecule has 6 nitrogen and oxygen atoms in total. The van der Waals surface area contributed by atoms with E-state index in [9.17, 15) is 14.9 Å². The molecular weight excluding hydrogens is 332 g/mol. The highest BCUT2D eigenvalue weighted by molar-refractivity contribution is 5.68. The van der Waals surface area contributed by atoms with Crippen LogP contribution in [0.2, 0.25) is 0 Å². The maximum absolute atomic E-state index is 12.2. The number of benzene rings is 1. The zero-order chi connectivity index (χ0) is 18.9. The minimum atomic E-state index is -0.521. The molecule has 1 aliphatic carbocycles. The van der Waals surface area contributed by atoms with Gasteiger partial charge >= 0.3 is 6.09 Å². The molecule has 1 aliphatic heterocycles. The van der Waals surface area contributed by atoms with Crippen molar-refractivity contribution in [3.63, 3.8) is 0 Å². The Labute approximate surface area is 153 Å². The van der Waals surface area contributed by atoms with Crippen molar-refractivity contribution in [3.05, 3.63) is 28.8 Å². The minimum Gasteiger partial charge on any atom is -0.488 e. The number of nitriles is 1. The average molecular weight is 356 g/mol. The molecule has 1 heterocycles. The molecule has 1 amide bonds. The minimum absolute atomic E-state index is 0.0542. The third kappa shape index (κ3) is 3.98. The maximum atomic E-state index is 12.2. The molecule has 1 aromatic carbocycles. The van der Waals surface area contributed by atoms with Crippen molar-refractivity contribution in [2.45, 2.75) is 51.7 Å². The molecule has 3 rings (SSSR count). The Bertz CT molecular complexity index is 760. The van der Waals surface area contributed by atoms with Crippen molar-refractivity contribution in [3.8, 4) is 11.8 Å². The zero-order valence-electron chi connectivity index (χ0n) is 15.4. The van der Waals surface area contributed by atoms with Crippen LogP contribution in [0.5, 0.6) is 5.75 Å². The summed E-state index contributed by atoms with van der Waals surface area (Å²) >= 11 is 0. The summed E-state index contributed by atoms with van der Waals surface area (Å²) in [7, 11) is 0. The predicted octanol–water partition coefficient (Wildman–Crippen LogP) is 2.86. The van der Waals surface area contributed by atoms with Crippen LogP contribution in [0.25, 0.3) is 0 Å². The largest absolute Gasteiger partial charge is 0.488 e. The third-order valence-corrected chi connectivity index (χ3v) is 4.68. The van der Waals surface area contributed by atoms with Crippen molar-refractivity contribution < 1.29 is 19.1 Å². The van der Waals surface area contributed by atoms with Crippen LogP contribution >= 0.6 is 0 Å². The molecule has 1 aromatic rings.